The Morgan fingerprint density at radius 2 is 1.93 bits per heavy atom. The normalized spacial score (nSPS) is 17.2. The number of piperidine rings is 1. The lowest BCUT2D eigenvalue weighted by Crippen LogP contribution is -2.50. The van der Waals surface area contributed by atoms with Gasteiger partial charge in [-0.1, -0.05) is 25.9 Å². The first kappa shape index (κ1) is 25.1. The van der Waals surface area contributed by atoms with E-state index in [1.165, 1.54) is 0 Å². The number of nitrogens with zero attached hydrogens (tertiary/aromatic N) is 4. The van der Waals surface area contributed by atoms with Gasteiger partial charge in [-0.2, -0.15) is 4.98 Å². The van der Waals surface area contributed by atoms with Crippen molar-refractivity contribution < 1.29 is 12.9 Å². The molecule has 28 heavy (non-hydrogen) atoms. The third-order valence-corrected chi connectivity index (χ3v) is 6.27. The molecule has 1 aliphatic rings. The number of sulfonamides is 1. The van der Waals surface area contributed by atoms with Crippen molar-refractivity contribution >= 4 is 40.0 Å². The molecule has 0 amide bonds. The molecule has 0 spiro atoms. The fourth-order valence-corrected chi connectivity index (χ4v) is 3.88. The molecule has 0 aliphatic carbocycles. The lowest BCUT2D eigenvalue weighted by atomic mass is 9.97. The quantitative estimate of drug-likeness (QED) is 0.329. The first-order valence-electron chi connectivity index (χ1n) is 9.51. The van der Waals surface area contributed by atoms with Gasteiger partial charge in [0.2, 0.25) is 15.9 Å². The largest absolute Gasteiger partial charge is 0.357 e. The summed E-state index contributed by atoms with van der Waals surface area (Å²) in [5, 5.41) is 10.6. The van der Waals surface area contributed by atoms with Crippen molar-refractivity contribution in [2.75, 3.05) is 25.4 Å². The molecule has 2 rings (SSSR count). The smallest absolute Gasteiger partial charge is 0.232 e. The van der Waals surface area contributed by atoms with Crippen LogP contribution in [0.25, 0.3) is 0 Å². The summed E-state index contributed by atoms with van der Waals surface area (Å²) in [6.45, 7) is 11.9. The second-order valence-corrected chi connectivity index (χ2v) is 9.94. The number of nitrogens with one attached hydrogen (secondary N) is 2. The first-order chi connectivity index (χ1) is 12.7. The molecular formula is C17H33IN6O3S. The molecule has 0 atom stereocenters. The molecule has 0 unspecified atom stereocenters. The topological polar surface area (TPSA) is 113 Å². The molecule has 0 aromatic carbocycles. The summed E-state index contributed by atoms with van der Waals surface area (Å²) < 4.78 is 30.8. The van der Waals surface area contributed by atoms with Gasteiger partial charge in [0, 0.05) is 31.1 Å². The highest BCUT2D eigenvalue weighted by molar-refractivity contribution is 14.0. The minimum absolute atomic E-state index is 0. The monoisotopic (exact) mass is 528 g/mol. The second kappa shape index (κ2) is 10.7. The molecule has 1 aromatic rings. The van der Waals surface area contributed by atoms with Gasteiger partial charge in [-0.05, 0) is 26.7 Å². The van der Waals surface area contributed by atoms with Crippen LogP contribution in [-0.4, -0.2) is 60.3 Å². The molecule has 2 N–H and O–H groups in total. The molecule has 0 saturated carbocycles. The summed E-state index contributed by atoms with van der Waals surface area (Å²) in [6, 6.07) is 0.182. The van der Waals surface area contributed by atoms with E-state index in [1.54, 1.807) is 11.2 Å². The van der Waals surface area contributed by atoms with Crippen molar-refractivity contribution in [3.63, 3.8) is 0 Å². The van der Waals surface area contributed by atoms with E-state index >= 15 is 0 Å². The van der Waals surface area contributed by atoms with Crippen LogP contribution in [0.3, 0.4) is 0 Å². The number of rotatable bonds is 6. The number of hydrogen-bond donors (Lipinski definition) is 2. The van der Waals surface area contributed by atoms with Crippen LogP contribution in [0.15, 0.2) is 9.52 Å². The maximum atomic E-state index is 12.0. The molecule has 1 fully saturated rings. The van der Waals surface area contributed by atoms with Crippen LogP contribution >= 0.6 is 24.0 Å². The van der Waals surface area contributed by atoms with Gasteiger partial charge in [-0.25, -0.2) is 17.7 Å². The van der Waals surface area contributed by atoms with Gasteiger partial charge < -0.3 is 15.2 Å². The number of guanidine groups is 1. The first-order valence-corrected chi connectivity index (χ1v) is 11.1. The Kier molecular flexibility index (Phi) is 9.60. The van der Waals surface area contributed by atoms with Crippen molar-refractivity contribution in [1.29, 1.82) is 0 Å². The van der Waals surface area contributed by atoms with Gasteiger partial charge in [-0.15, -0.1) is 24.0 Å². The molecule has 2 heterocycles. The molecule has 9 nitrogen and oxygen atoms in total. The number of halogens is 1. The van der Waals surface area contributed by atoms with Gasteiger partial charge >= 0.3 is 0 Å². The van der Waals surface area contributed by atoms with Crippen LogP contribution in [0.1, 0.15) is 59.2 Å². The lowest BCUT2D eigenvalue weighted by Gasteiger charge is -2.32. The zero-order chi connectivity index (χ0) is 20.1. The number of aliphatic imine (C=N–C) groups is 1. The second-order valence-electron chi connectivity index (χ2n) is 7.68. The molecule has 11 heteroatoms. The van der Waals surface area contributed by atoms with E-state index in [0.717, 1.165) is 19.4 Å². The molecular weight excluding hydrogens is 495 g/mol. The zero-order valence-corrected chi connectivity index (χ0v) is 20.5. The standard InChI is InChI=1S/C17H32N6O3S.HI/c1-6-18-16(19-12-14-21-15(26-22-14)17(3,4)5)20-13-8-10-23(11-9-13)27(24,25)7-2;/h13H,6-12H2,1-5H3,(H2,18,19,20);1H. The van der Waals surface area contributed by atoms with Crippen LogP contribution in [0.5, 0.6) is 0 Å². The Morgan fingerprint density at radius 1 is 1.29 bits per heavy atom. The molecule has 1 aromatic heterocycles. The number of aromatic nitrogens is 2. The van der Waals surface area contributed by atoms with E-state index in [0.29, 0.717) is 37.3 Å². The van der Waals surface area contributed by atoms with Crippen molar-refractivity contribution in [3.8, 4) is 0 Å². The summed E-state index contributed by atoms with van der Waals surface area (Å²) in [5.74, 6) is 1.96. The average molecular weight is 528 g/mol. The van der Waals surface area contributed by atoms with Crippen molar-refractivity contribution in [3.05, 3.63) is 11.7 Å². The summed E-state index contributed by atoms with van der Waals surface area (Å²) in [4.78, 5) is 8.93. The summed E-state index contributed by atoms with van der Waals surface area (Å²) >= 11 is 0. The minimum Gasteiger partial charge on any atom is -0.357 e. The predicted octanol–water partition coefficient (Wildman–Crippen LogP) is 1.85. The lowest BCUT2D eigenvalue weighted by molar-refractivity contribution is 0.306. The molecule has 0 bridgehead atoms. The zero-order valence-electron chi connectivity index (χ0n) is 17.4. The van der Waals surface area contributed by atoms with Gasteiger partial charge in [0.1, 0.15) is 6.54 Å². The highest BCUT2D eigenvalue weighted by Gasteiger charge is 2.27. The average Bonchev–Trinajstić information content (AvgIpc) is 3.10. The fourth-order valence-electron chi connectivity index (χ4n) is 2.75. The Labute approximate surface area is 185 Å². The summed E-state index contributed by atoms with van der Waals surface area (Å²) in [6.07, 6.45) is 1.50. The Morgan fingerprint density at radius 3 is 2.43 bits per heavy atom. The van der Waals surface area contributed by atoms with E-state index in [1.807, 2.05) is 27.7 Å². The molecule has 0 radical (unpaired) electrons. The van der Waals surface area contributed by atoms with E-state index in [2.05, 4.69) is 25.8 Å². The number of hydrogen-bond acceptors (Lipinski definition) is 6. The summed E-state index contributed by atoms with van der Waals surface area (Å²) in [5.41, 5.74) is -0.190. The van der Waals surface area contributed by atoms with Crippen LogP contribution < -0.4 is 10.6 Å². The highest BCUT2D eigenvalue weighted by atomic mass is 127. The SMILES string of the molecule is CCNC(=NCc1noc(C(C)(C)C)n1)NC1CCN(S(=O)(=O)CC)CC1.I. The summed E-state index contributed by atoms with van der Waals surface area (Å²) in [7, 11) is -3.11. The molecule has 162 valence electrons. The minimum atomic E-state index is -3.11. The Balaban J connectivity index is 0.00000392. The van der Waals surface area contributed by atoms with Crippen LogP contribution in [0.4, 0.5) is 0 Å². The van der Waals surface area contributed by atoms with E-state index in [-0.39, 0.29) is 41.2 Å². The van der Waals surface area contributed by atoms with Gasteiger partial charge in [0.05, 0.1) is 5.75 Å². The predicted molar refractivity (Wildman–Crippen MR) is 120 cm³/mol. The van der Waals surface area contributed by atoms with Gasteiger partial charge in [0.25, 0.3) is 0 Å². The van der Waals surface area contributed by atoms with Gasteiger partial charge in [0.15, 0.2) is 11.8 Å². The maximum Gasteiger partial charge on any atom is 0.232 e. The van der Waals surface area contributed by atoms with Crippen LogP contribution in [0.2, 0.25) is 0 Å². The maximum absolute atomic E-state index is 12.0. The van der Waals surface area contributed by atoms with E-state index in [9.17, 15) is 8.42 Å². The Bertz CT molecular complexity index is 736. The Hall–Kier alpha value is -0.950. The van der Waals surface area contributed by atoms with E-state index < -0.39 is 10.0 Å². The fraction of sp³-hybridized carbons (Fsp3) is 0.824. The van der Waals surface area contributed by atoms with Crippen molar-refractivity contribution in [1.82, 2.24) is 25.1 Å². The van der Waals surface area contributed by atoms with E-state index in [4.69, 9.17) is 4.52 Å². The van der Waals surface area contributed by atoms with Crippen LogP contribution in [-0.2, 0) is 22.0 Å². The third-order valence-electron chi connectivity index (χ3n) is 4.39. The molecule has 1 aliphatic heterocycles. The van der Waals surface area contributed by atoms with Crippen molar-refractivity contribution in [2.45, 2.75) is 65.5 Å². The van der Waals surface area contributed by atoms with Gasteiger partial charge in [-0.3, -0.25) is 0 Å². The van der Waals surface area contributed by atoms with Crippen LogP contribution in [0, 0.1) is 0 Å². The molecule has 1 saturated heterocycles. The van der Waals surface area contributed by atoms with Crippen molar-refractivity contribution in [2.24, 2.45) is 4.99 Å². The highest BCUT2D eigenvalue weighted by Crippen LogP contribution is 2.19. The third kappa shape index (κ3) is 7.14.